The molecule has 1 aromatic heterocycles. The minimum absolute atomic E-state index is 0.0865. The molecule has 0 bridgehead atoms. The van der Waals surface area contributed by atoms with Gasteiger partial charge in [0.2, 0.25) is 0 Å². The van der Waals surface area contributed by atoms with E-state index in [-0.39, 0.29) is 11.3 Å². The summed E-state index contributed by atoms with van der Waals surface area (Å²) in [7, 11) is 1.83. The van der Waals surface area contributed by atoms with E-state index in [1.165, 1.54) is 0 Å². The zero-order valence-corrected chi connectivity index (χ0v) is 9.14. The third kappa shape index (κ3) is 1.24. The van der Waals surface area contributed by atoms with Gasteiger partial charge in [-0.1, -0.05) is 20.8 Å². The Hall–Kier alpha value is -1.25. The molecule has 1 aliphatic heterocycles. The van der Waals surface area contributed by atoms with Gasteiger partial charge in [0.05, 0.1) is 0 Å². The summed E-state index contributed by atoms with van der Waals surface area (Å²) in [5, 5.41) is 0. The van der Waals surface area contributed by atoms with Crippen LogP contribution in [0, 0.1) is 0 Å². The van der Waals surface area contributed by atoms with Crippen LogP contribution < -0.4 is 0 Å². The lowest BCUT2D eigenvalue weighted by Crippen LogP contribution is -2.20. The van der Waals surface area contributed by atoms with E-state index in [0.29, 0.717) is 0 Å². The van der Waals surface area contributed by atoms with Crippen LogP contribution in [0.3, 0.4) is 0 Å². The first-order valence-electron chi connectivity index (χ1n) is 4.87. The molecule has 2 heterocycles. The van der Waals surface area contributed by atoms with E-state index in [0.717, 1.165) is 23.5 Å². The van der Waals surface area contributed by atoms with Crippen LogP contribution in [0.2, 0.25) is 0 Å². The number of amides is 1. The quantitative estimate of drug-likeness (QED) is 0.669. The van der Waals surface area contributed by atoms with E-state index >= 15 is 0 Å². The number of nitrogens with zero attached hydrogens (tertiary/aromatic N) is 1. The predicted molar refractivity (Wildman–Crippen MR) is 55.3 cm³/mol. The Balaban J connectivity index is 2.43. The Morgan fingerprint density at radius 1 is 1.43 bits per heavy atom. The second kappa shape index (κ2) is 2.62. The molecule has 0 spiro atoms. The molecular formula is C11H16N2O. The summed E-state index contributed by atoms with van der Waals surface area (Å²) in [6, 6.07) is 2.11. The maximum atomic E-state index is 11.6. The molecule has 1 aromatic rings. The summed E-state index contributed by atoms with van der Waals surface area (Å²) in [5.74, 6) is 0.107. The highest BCUT2D eigenvalue weighted by Crippen LogP contribution is 2.28. The Bertz CT molecular complexity index is 384. The lowest BCUT2D eigenvalue weighted by molar-refractivity contribution is 0.0811. The zero-order valence-electron chi connectivity index (χ0n) is 9.14. The van der Waals surface area contributed by atoms with Crippen molar-refractivity contribution in [2.75, 3.05) is 7.05 Å². The molecule has 76 valence electrons. The fraction of sp³-hybridized carbons (Fsp3) is 0.545. The average Bonchev–Trinajstić information content (AvgIpc) is 2.54. The second-order valence-electron chi connectivity index (χ2n) is 4.99. The van der Waals surface area contributed by atoms with Crippen molar-refractivity contribution in [1.82, 2.24) is 9.88 Å². The van der Waals surface area contributed by atoms with Gasteiger partial charge in [0, 0.05) is 30.3 Å². The Morgan fingerprint density at radius 3 is 2.57 bits per heavy atom. The number of nitrogens with one attached hydrogen (secondary N) is 1. The molecule has 1 aliphatic rings. The highest BCUT2D eigenvalue weighted by atomic mass is 16.2. The smallest absolute Gasteiger partial charge is 0.270 e. The number of carbonyl (C=O) groups is 1. The van der Waals surface area contributed by atoms with Gasteiger partial charge in [0.25, 0.3) is 5.91 Å². The summed E-state index contributed by atoms with van der Waals surface area (Å²) in [6.07, 6.45) is 0. The molecule has 0 radical (unpaired) electrons. The fourth-order valence-electron chi connectivity index (χ4n) is 1.74. The molecule has 0 aliphatic carbocycles. The molecule has 0 aromatic carbocycles. The standard InChI is InChI=1S/C11H16N2O/c1-11(2,3)8-5-7-6-13(4)10(14)9(7)12-8/h5,12H,6H2,1-4H3. The normalized spacial score (nSPS) is 16.3. The van der Waals surface area contributed by atoms with Gasteiger partial charge in [-0.15, -0.1) is 0 Å². The number of rotatable bonds is 0. The van der Waals surface area contributed by atoms with Crippen molar-refractivity contribution in [1.29, 1.82) is 0 Å². The lowest BCUT2D eigenvalue weighted by Gasteiger charge is -2.17. The molecule has 1 N–H and O–H groups in total. The van der Waals surface area contributed by atoms with Gasteiger partial charge in [-0.25, -0.2) is 0 Å². The number of aromatic amines is 1. The average molecular weight is 192 g/mol. The molecule has 2 rings (SSSR count). The zero-order chi connectivity index (χ0) is 10.5. The molecule has 0 saturated carbocycles. The molecule has 0 unspecified atom stereocenters. The number of fused-ring (bicyclic) bond motifs is 1. The van der Waals surface area contributed by atoms with Gasteiger partial charge in [-0.2, -0.15) is 0 Å². The lowest BCUT2D eigenvalue weighted by atomic mass is 9.92. The van der Waals surface area contributed by atoms with E-state index in [1.54, 1.807) is 4.90 Å². The van der Waals surface area contributed by atoms with Crippen molar-refractivity contribution >= 4 is 5.91 Å². The Morgan fingerprint density at radius 2 is 2.07 bits per heavy atom. The van der Waals surface area contributed by atoms with Crippen molar-refractivity contribution in [3.8, 4) is 0 Å². The summed E-state index contributed by atoms with van der Waals surface area (Å²) in [4.78, 5) is 16.6. The minimum atomic E-state index is 0.0865. The van der Waals surface area contributed by atoms with Crippen molar-refractivity contribution in [2.24, 2.45) is 0 Å². The van der Waals surface area contributed by atoms with Gasteiger partial charge in [-0.3, -0.25) is 4.79 Å². The summed E-state index contributed by atoms with van der Waals surface area (Å²) in [6.45, 7) is 7.16. The molecule has 14 heavy (non-hydrogen) atoms. The van der Waals surface area contributed by atoms with Crippen molar-refractivity contribution < 1.29 is 4.79 Å². The number of carbonyl (C=O) groups excluding carboxylic acids is 1. The molecule has 3 nitrogen and oxygen atoms in total. The first-order valence-corrected chi connectivity index (χ1v) is 4.87. The third-order valence-electron chi connectivity index (χ3n) is 2.68. The molecule has 0 fully saturated rings. The topological polar surface area (TPSA) is 36.1 Å². The molecule has 0 saturated heterocycles. The largest absolute Gasteiger partial charge is 0.354 e. The maximum Gasteiger partial charge on any atom is 0.270 e. The molecule has 1 amide bonds. The first kappa shape index (κ1) is 9.31. The van der Waals surface area contributed by atoms with Crippen molar-refractivity contribution in [3.05, 3.63) is 23.0 Å². The van der Waals surface area contributed by atoms with Crippen LogP contribution >= 0.6 is 0 Å². The van der Waals surface area contributed by atoms with E-state index in [1.807, 2.05) is 7.05 Å². The van der Waals surface area contributed by atoms with E-state index in [9.17, 15) is 4.79 Å². The molecule has 0 atom stereocenters. The highest BCUT2D eigenvalue weighted by molar-refractivity contribution is 5.96. The van der Waals surface area contributed by atoms with Gasteiger partial charge >= 0.3 is 0 Å². The van der Waals surface area contributed by atoms with Gasteiger partial charge < -0.3 is 9.88 Å². The van der Waals surface area contributed by atoms with Crippen LogP contribution in [0.1, 0.15) is 42.5 Å². The number of hydrogen-bond acceptors (Lipinski definition) is 1. The second-order valence-corrected chi connectivity index (χ2v) is 4.99. The predicted octanol–water partition coefficient (Wildman–Crippen LogP) is 1.90. The molecule has 3 heteroatoms. The number of hydrogen-bond donors (Lipinski definition) is 1. The van der Waals surface area contributed by atoms with Crippen LogP contribution in [0.4, 0.5) is 0 Å². The number of aromatic nitrogens is 1. The first-order chi connectivity index (χ1) is 6.39. The Kier molecular flexibility index (Phi) is 1.74. The van der Waals surface area contributed by atoms with Crippen LogP contribution in [-0.2, 0) is 12.0 Å². The van der Waals surface area contributed by atoms with E-state index in [2.05, 4.69) is 31.8 Å². The SMILES string of the molecule is CN1Cc2cc(C(C)(C)C)[nH]c2C1=O. The third-order valence-corrected chi connectivity index (χ3v) is 2.68. The van der Waals surface area contributed by atoms with Crippen LogP contribution in [0.15, 0.2) is 6.07 Å². The van der Waals surface area contributed by atoms with Crippen LogP contribution in [0.5, 0.6) is 0 Å². The number of H-pyrrole nitrogens is 1. The minimum Gasteiger partial charge on any atom is -0.354 e. The van der Waals surface area contributed by atoms with Crippen LogP contribution in [0.25, 0.3) is 0 Å². The van der Waals surface area contributed by atoms with Gasteiger partial charge in [-0.05, 0) is 6.07 Å². The fourth-order valence-corrected chi connectivity index (χ4v) is 1.74. The van der Waals surface area contributed by atoms with Crippen LogP contribution in [-0.4, -0.2) is 22.8 Å². The maximum absolute atomic E-state index is 11.6. The van der Waals surface area contributed by atoms with E-state index < -0.39 is 0 Å². The van der Waals surface area contributed by atoms with E-state index in [4.69, 9.17) is 0 Å². The summed E-state index contributed by atoms with van der Waals surface area (Å²) in [5.41, 5.74) is 3.13. The van der Waals surface area contributed by atoms with Gasteiger partial charge in [0.1, 0.15) is 5.69 Å². The summed E-state index contributed by atoms with van der Waals surface area (Å²) < 4.78 is 0. The highest BCUT2D eigenvalue weighted by Gasteiger charge is 2.29. The Labute approximate surface area is 84.1 Å². The summed E-state index contributed by atoms with van der Waals surface area (Å²) >= 11 is 0. The van der Waals surface area contributed by atoms with Crippen molar-refractivity contribution in [2.45, 2.75) is 32.7 Å². The monoisotopic (exact) mass is 192 g/mol. The van der Waals surface area contributed by atoms with Gasteiger partial charge in [0.15, 0.2) is 0 Å². The molecular weight excluding hydrogens is 176 g/mol. The van der Waals surface area contributed by atoms with Crippen molar-refractivity contribution in [3.63, 3.8) is 0 Å².